The Balaban J connectivity index is 1.54. The average molecular weight is 437 g/mol. The van der Waals surface area contributed by atoms with Gasteiger partial charge < -0.3 is 15.0 Å². The normalized spacial score (nSPS) is 11.5. The number of aromatic nitrogens is 1. The molecule has 1 heterocycles. The molecule has 0 bridgehead atoms. The molecule has 0 aliphatic rings. The van der Waals surface area contributed by atoms with Crippen molar-refractivity contribution in [3.05, 3.63) is 65.1 Å². The summed E-state index contributed by atoms with van der Waals surface area (Å²) >= 11 is 3.41. The van der Waals surface area contributed by atoms with Gasteiger partial charge in [-0.3, -0.25) is 4.79 Å². The van der Waals surface area contributed by atoms with E-state index in [9.17, 15) is 9.90 Å². The van der Waals surface area contributed by atoms with E-state index in [1.807, 2.05) is 60.7 Å². The Morgan fingerprint density at radius 1 is 1.11 bits per heavy atom. The van der Waals surface area contributed by atoms with E-state index in [0.717, 1.165) is 26.4 Å². The van der Waals surface area contributed by atoms with Crippen molar-refractivity contribution in [3.63, 3.8) is 0 Å². The number of hydrogen-bond acceptors (Lipinski definition) is 4. The summed E-state index contributed by atoms with van der Waals surface area (Å²) in [6.45, 7) is 0.00668. The van der Waals surface area contributed by atoms with Crippen LogP contribution in [-0.4, -0.2) is 22.1 Å². The second-order valence-corrected chi connectivity index (χ2v) is 7.28. The Labute approximate surface area is 169 Å². The molecule has 1 aromatic heterocycles. The van der Waals surface area contributed by atoms with Crippen molar-refractivity contribution in [1.29, 1.82) is 0 Å². The summed E-state index contributed by atoms with van der Waals surface area (Å²) in [7, 11) is 1.73. The highest BCUT2D eigenvalue weighted by atomic mass is 79.9. The third-order valence-electron chi connectivity index (χ3n) is 4.59. The molecule has 0 saturated carbocycles. The highest BCUT2D eigenvalue weighted by molar-refractivity contribution is 9.10. The second kappa shape index (κ2) is 7.44. The zero-order valence-electron chi connectivity index (χ0n) is 15.1. The fraction of sp³-hybridized carbons (Fsp3) is 0.0952. The lowest BCUT2D eigenvalue weighted by Crippen LogP contribution is -2.11. The number of benzene rings is 3. The standard InChI is InChI=1S/C21H17BrN4O2/c1-26-18-10-9-14(22)11-16(18)20(21(26)28)25-24-19(27)12-23-17-8-4-6-13-5-2-3-7-15(13)17/h2-11,23,28H,12H2,1H3. The summed E-state index contributed by atoms with van der Waals surface area (Å²) < 4.78 is 2.46. The van der Waals surface area contributed by atoms with Gasteiger partial charge in [0.05, 0.1) is 12.1 Å². The van der Waals surface area contributed by atoms with Gasteiger partial charge in [0.25, 0.3) is 5.91 Å². The molecule has 0 aliphatic heterocycles. The maximum atomic E-state index is 12.2. The number of azo groups is 1. The number of amides is 1. The first-order chi connectivity index (χ1) is 13.5. The van der Waals surface area contributed by atoms with Crippen LogP contribution in [0.25, 0.3) is 21.7 Å². The van der Waals surface area contributed by atoms with Gasteiger partial charge in [0, 0.05) is 28.0 Å². The van der Waals surface area contributed by atoms with Crippen molar-refractivity contribution in [3.8, 4) is 5.88 Å². The van der Waals surface area contributed by atoms with Crippen LogP contribution in [0.5, 0.6) is 5.88 Å². The second-order valence-electron chi connectivity index (χ2n) is 6.37. The third kappa shape index (κ3) is 3.36. The van der Waals surface area contributed by atoms with E-state index in [4.69, 9.17) is 0 Å². The Hall–Kier alpha value is -3.19. The van der Waals surface area contributed by atoms with Crippen LogP contribution in [0.3, 0.4) is 0 Å². The van der Waals surface area contributed by atoms with E-state index in [-0.39, 0.29) is 18.1 Å². The first kappa shape index (κ1) is 18.2. The van der Waals surface area contributed by atoms with Crippen molar-refractivity contribution in [1.82, 2.24) is 4.57 Å². The van der Waals surface area contributed by atoms with Crippen LogP contribution in [0.1, 0.15) is 0 Å². The quantitative estimate of drug-likeness (QED) is 0.413. The van der Waals surface area contributed by atoms with Crippen molar-refractivity contribution in [2.24, 2.45) is 17.3 Å². The number of nitrogens with zero attached hydrogens (tertiary/aromatic N) is 3. The van der Waals surface area contributed by atoms with Gasteiger partial charge in [0.15, 0.2) is 5.69 Å². The SMILES string of the molecule is Cn1c(O)c(N=NC(=O)CNc2cccc3ccccc23)c2cc(Br)ccc21. The van der Waals surface area contributed by atoms with Gasteiger partial charge >= 0.3 is 0 Å². The Morgan fingerprint density at radius 2 is 1.89 bits per heavy atom. The number of anilines is 1. The van der Waals surface area contributed by atoms with E-state index in [2.05, 4.69) is 31.5 Å². The minimum absolute atomic E-state index is 0.00668. The minimum Gasteiger partial charge on any atom is -0.493 e. The smallest absolute Gasteiger partial charge is 0.283 e. The molecule has 0 unspecified atom stereocenters. The summed E-state index contributed by atoms with van der Waals surface area (Å²) in [5, 5.41) is 24.1. The summed E-state index contributed by atoms with van der Waals surface area (Å²) in [5.74, 6) is -0.467. The lowest BCUT2D eigenvalue weighted by Gasteiger charge is -2.07. The van der Waals surface area contributed by atoms with Crippen LogP contribution < -0.4 is 5.32 Å². The lowest BCUT2D eigenvalue weighted by atomic mass is 10.1. The molecule has 3 aromatic carbocycles. The average Bonchev–Trinajstić information content (AvgIpc) is 2.94. The van der Waals surface area contributed by atoms with Gasteiger partial charge in [-0.05, 0) is 29.7 Å². The zero-order valence-corrected chi connectivity index (χ0v) is 16.6. The monoisotopic (exact) mass is 436 g/mol. The first-order valence-corrected chi connectivity index (χ1v) is 9.47. The van der Waals surface area contributed by atoms with E-state index < -0.39 is 5.91 Å². The van der Waals surface area contributed by atoms with Crippen LogP contribution >= 0.6 is 15.9 Å². The van der Waals surface area contributed by atoms with E-state index >= 15 is 0 Å². The molecule has 1 amide bonds. The van der Waals surface area contributed by atoms with Gasteiger partial charge in [-0.25, -0.2) is 0 Å². The Kier molecular flexibility index (Phi) is 4.83. The van der Waals surface area contributed by atoms with E-state index in [1.165, 1.54) is 0 Å². The van der Waals surface area contributed by atoms with Crippen LogP contribution in [0, 0.1) is 0 Å². The molecule has 4 rings (SSSR count). The van der Waals surface area contributed by atoms with Gasteiger partial charge in [-0.15, -0.1) is 10.2 Å². The molecule has 4 aromatic rings. The fourth-order valence-electron chi connectivity index (χ4n) is 3.17. The Morgan fingerprint density at radius 3 is 2.75 bits per heavy atom. The van der Waals surface area contributed by atoms with Crippen LogP contribution in [0.2, 0.25) is 0 Å². The molecule has 0 fully saturated rings. The summed E-state index contributed by atoms with van der Waals surface area (Å²) in [6, 6.07) is 19.4. The number of carbonyl (C=O) groups is 1. The number of hydrogen-bond donors (Lipinski definition) is 2. The largest absolute Gasteiger partial charge is 0.493 e. The molecule has 2 N–H and O–H groups in total. The summed E-state index contributed by atoms with van der Waals surface area (Å²) in [4.78, 5) is 12.2. The number of carbonyl (C=O) groups excluding carboxylic acids is 1. The molecular weight excluding hydrogens is 420 g/mol. The molecule has 0 spiro atoms. The predicted molar refractivity (Wildman–Crippen MR) is 114 cm³/mol. The maximum Gasteiger partial charge on any atom is 0.283 e. The van der Waals surface area contributed by atoms with Crippen molar-refractivity contribution < 1.29 is 9.90 Å². The molecule has 7 heteroatoms. The number of nitrogens with one attached hydrogen (secondary N) is 1. The highest BCUT2D eigenvalue weighted by Crippen LogP contribution is 2.39. The van der Waals surface area contributed by atoms with Crippen molar-refractivity contribution in [2.45, 2.75) is 0 Å². The lowest BCUT2D eigenvalue weighted by molar-refractivity contribution is -0.116. The highest BCUT2D eigenvalue weighted by Gasteiger charge is 2.15. The molecule has 0 atom stereocenters. The number of rotatable bonds is 4. The summed E-state index contributed by atoms with van der Waals surface area (Å²) in [5.41, 5.74) is 1.94. The van der Waals surface area contributed by atoms with Crippen molar-refractivity contribution >= 4 is 54.9 Å². The van der Waals surface area contributed by atoms with Gasteiger partial charge in [-0.2, -0.15) is 0 Å². The van der Waals surface area contributed by atoms with Crippen LogP contribution in [-0.2, 0) is 11.8 Å². The maximum absolute atomic E-state index is 12.2. The number of fused-ring (bicyclic) bond motifs is 2. The molecule has 0 saturated heterocycles. The summed E-state index contributed by atoms with van der Waals surface area (Å²) in [6.07, 6.45) is 0. The number of halogens is 1. The molecular formula is C21H17BrN4O2. The van der Waals surface area contributed by atoms with Gasteiger partial charge in [0.1, 0.15) is 0 Å². The van der Waals surface area contributed by atoms with Gasteiger partial charge in [0.2, 0.25) is 5.88 Å². The molecule has 6 nitrogen and oxygen atoms in total. The fourth-order valence-corrected chi connectivity index (χ4v) is 3.54. The minimum atomic E-state index is -0.431. The Bertz CT molecular complexity index is 1220. The van der Waals surface area contributed by atoms with E-state index in [0.29, 0.717) is 5.39 Å². The van der Waals surface area contributed by atoms with Crippen LogP contribution in [0.4, 0.5) is 11.4 Å². The van der Waals surface area contributed by atoms with E-state index in [1.54, 1.807) is 11.6 Å². The third-order valence-corrected chi connectivity index (χ3v) is 5.08. The number of aryl methyl sites for hydroxylation is 1. The molecule has 28 heavy (non-hydrogen) atoms. The zero-order chi connectivity index (χ0) is 19.7. The molecule has 0 radical (unpaired) electrons. The molecule has 140 valence electrons. The van der Waals surface area contributed by atoms with Crippen LogP contribution in [0.15, 0.2) is 75.4 Å². The van der Waals surface area contributed by atoms with Crippen molar-refractivity contribution in [2.75, 3.05) is 11.9 Å². The van der Waals surface area contributed by atoms with Gasteiger partial charge in [-0.1, -0.05) is 52.3 Å². The molecule has 0 aliphatic carbocycles. The predicted octanol–water partition coefficient (Wildman–Crippen LogP) is 5.52. The first-order valence-electron chi connectivity index (χ1n) is 8.67. The topological polar surface area (TPSA) is 79.0 Å². The number of aromatic hydroxyl groups is 1.